The summed E-state index contributed by atoms with van der Waals surface area (Å²) in [5, 5.41) is 8.80. The fraction of sp³-hybridized carbons (Fsp3) is 0.405. The zero-order chi connectivity index (χ0) is 41.5. The molecule has 0 fully saturated rings. The summed E-state index contributed by atoms with van der Waals surface area (Å²) in [5.41, 5.74) is 5.66. The van der Waals surface area contributed by atoms with Gasteiger partial charge in [0.1, 0.15) is 17.7 Å². The van der Waals surface area contributed by atoms with Crippen LogP contribution in [-0.2, 0) is 25.3 Å². The summed E-state index contributed by atoms with van der Waals surface area (Å²) in [7, 11) is 12.5. The third kappa shape index (κ3) is 12.4. The third-order valence-electron chi connectivity index (χ3n) is 9.43. The number of aromatic nitrogens is 2. The van der Waals surface area contributed by atoms with Crippen molar-refractivity contribution in [3.05, 3.63) is 83.4 Å². The van der Waals surface area contributed by atoms with Crippen LogP contribution in [0.3, 0.4) is 0 Å². The van der Waals surface area contributed by atoms with Crippen molar-refractivity contribution >= 4 is 74.9 Å². The molecule has 4 aromatic rings. The molecule has 1 atom stereocenters. The van der Waals surface area contributed by atoms with Crippen molar-refractivity contribution in [2.45, 2.75) is 56.7 Å². The topological polar surface area (TPSA) is 148 Å². The minimum absolute atomic E-state index is 0.0792. The molecular formula is C42H55N7O6S2. The predicted octanol–water partition coefficient (Wildman–Crippen LogP) is 7.59. The predicted molar refractivity (Wildman–Crippen MR) is 235 cm³/mol. The number of aliphatic imine (C=N–C) groups is 1. The molecule has 13 nitrogen and oxygen atoms in total. The number of rotatable bonds is 19. The van der Waals surface area contributed by atoms with E-state index in [-0.39, 0.29) is 22.6 Å². The molecule has 5 rings (SSSR count). The second-order valence-electron chi connectivity index (χ2n) is 14.1. The first kappa shape index (κ1) is 44.6. The number of hydrogen-bond acceptors (Lipinski definition) is 11. The van der Waals surface area contributed by atoms with Gasteiger partial charge in [-0.25, -0.2) is 0 Å². The van der Waals surface area contributed by atoms with Crippen LogP contribution in [0.25, 0.3) is 0 Å². The lowest BCUT2D eigenvalue weighted by atomic mass is 10.1. The van der Waals surface area contributed by atoms with Crippen LogP contribution in [0.15, 0.2) is 65.9 Å². The zero-order valence-electron chi connectivity index (χ0n) is 34.1. The Kier molecular flexibility index (Phi) is 16.7. The van der Waals surface area contributed by atoms with Gasteiger partial charge < -0.3 is 44.3 Å². The minimum Gasteiger partial charge on any atom is -0.493 e. The number of amides is 2. The summed E-state index contributed by atoms with van der Waals surface area (Å²) in [6.45, 7) is 5.15. The van der Waals surface area contributed by atoms with Crippen molar-refractivity contribution < 1.29 is 28.7 Å². The number of ether oxygens (including phenoxy) is 2. The fourth-order valence-corrected chi connectivity index (χ4v) is 8.54. The van der Waals surface area contributed by atoms with E-state index in [1.807, 2.05) is 42.4 Å². The molecule has 0 saturated heterocycles. The zero-order valence-corrected chi connectivity index (χ0v) is 35.7. The largest absolute Gasteiger partial charge is 0.493 e. The van der Waals surface area contributed by atoms with Gasteiger partial charge in [-0.15, -0.1) is 0 Å². The first-order valence-corrected chi connectivity index (χ1v) is 21.3. The lowest BCUT2D eigenvalue weighted by Gasteiger charge is -2.20. The normalized spacial score (nSPS) is 13.4. The number of nitrogens with one attached hydrogen (secondary N) is 3. The summed E-state index contributed by atoms with van der Waals surface area (Å²) in [4.78, 5) is 54.3. The van der Waals surface area contributed by atoms with Crippen LogP contribution in [0.4, 0.5) is 22.7 Å². The van der Waals surface area contributed by atoms with Gasteiger partial charge in [0.2, 0.25) is 0 Å². The van der Waals surface area contributed by atoms with Crippen LogP contribution >= 0.6 is 21.6 Å². The Morgan fingerprint density at radius 2 is 1.67 bits per heavy atom. The second-order valence-corrected chi connectivity index (χ2v) is 17.3. The molecule has 306 valence electrons. The number of methoxy groups -OCH3 is 1. The molecule has 1 aliphatic heterocycles. The number of benzene rings is 2. The van der Waals surface area contributed by atoms with Gasteiger partial charge in [0.25, 0.3) is 11.8 Å². The van der Waals surface area contributed by atoms with Gasteiger partial charge in [0.15, 0.2) is 17.8 Å². The summed E-state index contributed by atoms with van der Waals surface area (Å²) >= 11 is 0. The molecule has 0 spiro atoms. The van der Waals surface area contributed by atoms with E-state index in [4.69, 9.17) is 9.47 Å². The van der Waals surface area contributed by atoms with Crippen molar-refractivity contribution in [2.75, 3.05) is 56.1 Å². The number of aryl methyl sites for hydroxylation is 2. The maximum atomic E-state index is 12.9. The number of hydrogen-bond donors (Lipinski definition) is 3. The SMILES string of the molecule is CNc1cc(C(=O)Nc2cc(C(=O)NCCCCOc3cc(N=CC4Cc5ccccc5N4C)c(C=O)cc3OC)n(C)c2)n(C)c1.CSSC(C)(C)CCC=O. The first-order valence-electron chi connectivity index (χ1n) is 18.7. The van der Waals surface area contributed by atoms with Crippen molar-refractivity contribution in [1.82, 2.24) is 14.5 Å². The Morgan fingerprint density at radius 1 is 0.965 bits per heavy atom. The monoisotopic (exact) mass is 817 g/mol. The van der Waals surface area contributed by atoms with Gasteiger partial charge >= 0.3 is 0 Å². The molecule has 3 heterocycles. The highest BCUT2D eigenvalue weighted by atomic mass is 33.1. The molecule has 0 radical (unpaired) electrons. The van der Waals surface area contributed by atoms with Crippen molar-refractivity contribution in [3.8, 4) is 11.5 Å². The van der Waals surface area contributed by atoms with E-state index in [1.54, 1.807) is 71.5 Å². The fourth-order valence-electron chi connectivity index (χ4n) is 6.29. The average molecular weight is 818 g/mol. The standard InChI is InChI=1S/C35H41N7O5.C7H14OS2/c1-36-25-16-31(40(2)20-25)35(45)39-26-17-30(41(3)21-26)34(44)37-12-8-9-13-47-33-18-28(24(22-43)15-32(33)46-5)38-19-27-14-23-10-6-7-11-29(23)42(27)4;1-7(2,10-9-3)5-4-6-8/h6-7,10-11,15-22,27,36H,8-9,12-14H2,1-5H3,(H,37,44)(H,39,45);6H,4-5H2,1-3H3. The number of unbranched alkanes of at least 4 members (excludes halogenated alkanes) is 1. The Balaban J connectivity index is 0.000000635. The van der Waals surface area contributed by atoms with E-state index in [0.717, 1.165) is 31.1 Å². The van der Waals surface area contributed by atoms with Crippen LogP contribution < -0.4 is 30.3 Å². The molecule has 1 aliphatic rings. The number of fused-ring (bicyclic) bond motifs is 1. The summed E-state index contributed by atoms with van der Waals surface area (Å²) in [6, 6.07) is 15.1. The maximum Gasteiger partial charge on any atom is 0.272 e. The number of carbonyl (C=O) groups is 4. The highest BCUT2D eigenvalue weighted by molar-refractivity contribution is 8.76. The van der Waals surface area contributed by atoms with Crippen LogP contribution in [0, 0.1) is 0 Å². The lowest BCUT2D eigenvalue weighted by Crippen LogP contribution is -2.28. The van der Waals surface area contributed by atoms with E-state index in [0.29, 0.717) is 72.2 Å². The summed E-state index contributed by atoms with van der Waals surface area (Å²) in [6.07, 6.45) is 13.1. The quantitative estimate of drug-likeness (QED) is 0.0374. The van der Waals surface area contributed by atoms with Crippen LogP contribution in [-0.4, -0.2) is 91.1 Å². The van der Waals surface area contributed by atoms with Crippen LogP contribution in [0.1, 0.15) is 76.4 Å². The van der Waals surface area contributed by atoms with Gasteiger partial charge in [0.05, 0.1) is 36.8 Å². The van der Waals surface area contributed by atoms with Crippen molar-refractivity contribution in [2.24, 2.45) is 19.1 Å². The molecule has 3 N–H and O–H groups in total. The molecule has 57 heavy (non-hydrogen) atoms. The highest BCUT2D eigenvalue weighted by Crippen LogP contribution is 2.37. The van der Waals surface area contributed by atoms with Gasteiger partial charge in [-0.3, -0.25) is 19.4 Å². The van der Waals surface area contributed by atoms with Crippen LogP contribution in [0.5, 0.6) is 11.5 Å². The first-order chi connectivity index (χ1) is 27.3. The molecule has 0 bridgehead atoms. The highest BCUT2D eigenvalue weighted by Gasteiger charge is 2.25. The average Bonchev–Trinajstić information content (AvgIpc) is 3.87. The van der Waals surface area contributed by atoms with Gasteiger partial charge in [-0.1, -0.05) is 39.8 Å². The molecule has 0 aliphatic carbocycles. The Morgan fingerprint density at radius 3 is 2.32 bits per heavy atom. The van der Waals surface area contributed by atoms with E-state index in [2.05, 4.69) is 58.1 Å². The molecule has 15 heteroatoms. The van der Waals surface area contributed by atoms with Gasteiger partial charge in [-0.2, -0.15) is 0 Å². The number of aldehydes is 2. The van der Waals surface area contributed by atoms with E-state index in [1.165, 1.54) is 18.4 Å². The number of likely N-dealkylation sites (N-methyl/N-ethyl adjacent to an activating group) is 1. The number of carbonyl (C=O) groups excluding carboxylic acids is 4. The summed E-state index contributed by atoms with van der Waals surface area (Å²) < 4.78 is 15.2. The molecule has 1 unspecified atom stereocenters. The van der Waals surface area contributed by atoms with E-state index in [9.17, 15) is 19.2 Å². The van der Waals surface area contributed by atoms with E-state index >= 15 is 0 Å². The maximum absolute atomic E-state index is 12.9. The van der Waals surface area contributed by atoms with Crippen molar-refractivity contribution in [1.29, 1.82) is 0 Å². The molecule has 0 saturated carbocycles. The molecule has 2 aromatic carbocycles. The lowest BCUT2D eigenvalue weighted by molar-refractivity contribution is -0.108. The molecular weight excluding hydrogens is 763 g/mol. The van der Waals surface area contributed by atoms with Crippen LogP contribution in [0.2, 0.25) is 0 Å². The Hall–Kier alpha value is -5.15. The Bertz CT molecular complexity index is 2020. The smallest absolute Gasteiger partial charge is 0.272 e. The number of nitrogens with zero attached hydrogens (tertiary/aromatic N) is 4. The van der Waals surface area contributed by atoms with Gasteiger partial charge in [-0.05, 0) is 75.6 Å². The van der Waals surface area contributed by atoms with E-state index < -0.39 is 0 Å². The molecule has 2 aromatic heterocycles. The minimum atomic E-state index is -0.268. The second kappa shape index (κ2) is 21.4. The number of para-hydroxylation sites is 1. The Labute approximate surface area is 343 Å². The van der Waals surface area contributed by atoms with Gasteiger partial charge in [0, 0.05) is 81.8 Å². The molecule has 2 amide bonds. The van der Waals surface area contributed by atoms with Crippen molar-refractivity contribution in [3.63, 3.8) is 0 Å². The third-order valence-corrected chi connectivity index (χ3v) is 12.1. The summed E-state index contributed by atoms with van der Waals surface area (Å²) in [5.74, 6) is 0.435. The number of anilines is 3.